The van der Waals surface area contributed by atoms with Gasteiger partial charge in [-0.3, -0.25) is 20.4 Å². The van der Waals surface area contributed by atoms with Gasteiger partial charge in [0, 0.05) is 4.88 Å². The molecule has 1 heterocycles. The molecule has 0 bridgehead atoms. The van der Waals surface area contributed by atoms with Gasteiger partial charge in [-0.15, -0.1) is 11.3 Å². The fourth-order valence-corrected chi connectivity index (χ4v) is 3.62. The van der Waals surface area contributed by atoms with E-state index >= 15 is 0 Å². The van der Waals surface area contributed by atoms with Crippen molar-refractivity contribution in [1.29, 1.82) is 0 Å². The van der Waals surface area contributed by atoms with Gasteiger partial charge in [0.15, 0.2) is 0 Å². The number of thiophene rings is 1. The lowest BCUT2D eigenvalue weighted by Gasteiger charge is -2.04. The number of hydrogen-bond acceptors (Lipinski definition) is 4. The van der Waals surface area contributed by atoms with Crippen LogP contribution in [0, 0.1) is 0 Å². The molecule has 1 aliphatic carbocycles. The Kier molecular flexibility index (Phi) is 5.27. The molecule has 0 aliphatic heterocycles. The minimum atomic E-state index is -0.215. The quantitative estimate of drug-likeness (QED) is 0.664. The second kappa shape index (κ2) is 6.96. The lowest BCUT2D eigenvalue weighted by molar-refractivity contribution is -0.119. The van der Waals surface area contributed by atoms with E-state index in [0.29, 0.717) is 10.6 Å². The molecule has 6 heteroatoms. The zero-order valence-electron chi connectivity index (χ0n) is 11.0. The summed E-state index contributed by atoms with van der Waals surface area (Å²) in [6.45, 7) is 0. The van der Waals surface area contributed by atoms with Crippen LogP contribution in [0.15, 0.2) is 6.07 Å². The molecular weight excluding hydrogens is 280 g/mol. The number of carbonyl (C=O) groups excluding carboxylic acids is 2. The first-order chi connectivity index (χ1) is 9.20. The number of thioether (sulfide) groups is 1. The van der Waals surface area contributed by atoms with Gasteiger partial charge >= 0.3 is 0 Å². The summed E-state index contributed by atoms with van der Waals surface area (Å²) in [6, 6.07) is 1.97. The number of aryl methyl sites for hydroxylation is 2. The van der Waals surface area contributed by atoms with Crippen molar-refractivity contribution >= 4 is 34.9 Å². The number of amides is 2. The summed E-state index contributed by atoms with van der Waals surface area (Å²) >= 11 is 2.97. The van der Waals surface area contributed by atoms with Gasteiger partial charge in [-0.1, -0.05) is 6.42 Å². The molecule has 19 heavy (non-hydrogen) atoms. The van der Waals surface area contributed by atoms with E-state index < -0.39 is 0 Å². The Morgan fingerprint density at radius 2 is 2.05 bits per heavy atom. The smallest absolute Gasteiger partial charge is 0.272 e. The van der Waals surface area contributed by atoms with E-state index in [1.54, 1.807) is 11.3 Å². The summed E-state index contributed by atoms with van der Waals surface area (Å²) in [6.07, 6.45) is 7.67. The van der Waals surface area contributed by atoms with Gasteiger partial charge < -0.3 is 0 Å². The SMILES string of the molecule is CSCC(=O)NNC(=O)c1cc2c(s1)CCCCC2. The van der Waals surface area contributed by atoms with Crippen molar-refractivity contribution in [3.8, 4) is 0 Å². The third-order valence-corrected chi connectivity index (χ3v) is 4.85. The molecule has 0 atom stereocenters. The fraction of sp³-hybridized carbons (Fsp3) is 0.538. The van der Waals surface area contributed by atoms with Gasteiger partial charge in [-0.25, -0.2) is 0 Å². The highest BCUT2D eigenvalue weighted by atomic mass is 32.2. The first kappa shape index (κ1) is 14.4. The van der Waals surface area contributed by atoms with Gasteiger partial charge in [0.2, 0.25) is 5.91 Å². The molecule has 1 aliphatic rings. The van der Waals surface area contributed by atoms with Crippen LogP contribution < -0.4 is 10.9 Å². The highest BCUT2D eigenvalue weighted by molar-refractivity contribution is 7.99. The molecule has 0 unspecified atom stereocenters. The van der Waals surface area contributed by atoms with Gasteiger partial charge in [0.05, 0.1) is 10.6 Å². The van der Waals surface area contributed by atoms with Crippen molar-refractivity contribution in [1.82, 2.24) is 10.9 Å². The summed E-state index contributed by atoms with van der Waals surface area (Å²) in [5.74, 6) is -0.0483. The minimum Gasteiger partial charge on any atom is -0.272 e. The maximum Gasteiger partial charge on any atom is 0.279 e. The second-order valence-electron chi connectivity index (χ2n) is 4.56. The number of hydrazine groups is 1. The summed E-state index contributed by atoms with van der Waals surface area (Å²) in [7, 11) is 0. The molecule has 0 fully saturated rings. The van der Waals surface area contributed by atoms with Crippen LogP contribution in [0.1, 0.15) is 39.4 Å². The number of carbonyl (C=O) groups is 2. The number of hydrogen-bond donors (Lipinski definition) is 2. The Labute approximate surface area is 121 Å². The molecule has 0 aromatic carbocycles. The molecule has 2 rings (SSSR count). The topological polar surface area (TPSA) is 58.2 Å². The van der Waals surface area contributed by atoms with Crippen LogP contribution in [-0.2, 0) is 17.6 Å². The van der Waals surface area contributed by atoms with Gasteiger partial charge in [0.1, 0.15) is 0 Å². The normalized spacial score (nSPS) is 14.4. The van der Waals surface area contributed by atoms with Crippen LogP contribution in [0.3, 0.4) is 0 Å². The van der Waals surface area contributed by atoms with Crippen LogP contribution in [0.4, 0.5) is 0 Å². The van der Waals surface area contributed by atoms with E-state index in [4.69, 9.17) is 0 Å². The zero-order chi connectivity index (χ0) is 13.7. The van der Waals surface area contributed by atoms with Crippen LogP contribution in [0.5, 0.6) is 0 Å². The average molecular weight is 298 g/mol. The van der Waals surface area contributed by atoms with Crippen molar-refractivity contribution in [3.05, 3.63) is 21.4 Å². The first-order valence-corrected chi connectivity index (χ1v) is 8.61. The molecule has 0 saturated heterocycles. The summed E-state index contributed by atoms with van der Waals surface area (Å²) in [4.78, 5) is 25.2. The predicted octanol–water partition coefficient (Wildman–Crippen LogP) is 2.14. The monoisotopic (exact) mass is 298 g/mol. The maximum atomic E-state index is 11.9. The Balaban J connectivity index is 1.94. The molecule has 2 N–H and O–H groups in total. The van der Waals surface area contributed by atoms with Gasteiger partial charge in [-0.05, 0) is 43.6 Å². The lowest BCUT2D eigenvalue weighted by atomic mass is 10.1. The van der Waals surface area contributed by atoms with E-state index in [9.17, 15) is 9.59 Å². The lowest BCUT2D eigenvalue weighted by Crippen LogP contribution is -2.42. The van der Waals surface area contributed by atoms with Crippen molar-refractivity contribution in [2.45, 2.75) is 32.1 Å². The number of nitrogens with one attached hydrogen (secondary N) is 2. The Morgan fingerprint density at radius 3 is 2.84 bits per heavy atom. The second-order valence-corrected chi connectivity index (χ2v) is 6.56. The molecule has 0 radical (unpaired) electrons. The first-order valence-electron chi connectivity index (χ1n) is 6.40. The Morgan fingerprint density at radius 1 is 1.26 bits per heavy atom. The molecule has 0 saturated carbocycles. The molecular formula is C13H18N2O2S2. The van der Waals surface area contributed by atoms with Gasteiger partial charge in [-0.2, -0.15) is 11.8 Å². The van der Waals surface area contributed by atoms with Crippen molar-refractivity contribution in [2.75, 3.05) is 12.0 Å². The Hall–Kier alpha value is -1.01. The molecule has 0 spiro atoms. The molecule has 1 aromatic heterocycles. The van der Waals surface area contributed by atoms with Crippen molar-refractivity contribution in [3.63, 3.8) is 0 Å². The number of fused-ring (bicyclic) bond motifs is 1. The largest absolute Gasteiger partial charge is 0.279 e. The molecule has 1 aromatic rings. The molecule has 2 amide bonds. The van der Waals surface area contributed by atoms with Crippen molar-refractivity contribution in [2.24, 2.45) is 0 Å². The van der Waals surface area contributed by atoms with Gasteiger partial charge in [0.25, 0.3) is 5.91 Å². The summed E-state index contributed by atoms with van der Waals surface area (Å²) in [5, 5.41) is 0. The third kappa shape index (κ3) is 3.98. The highest BCUT2D eigenvalue weighted by Gasteiger charge is 2.16. The Bertz CT molecular complexity index is 448. The number of rotatable bonds is 3. The molecule has 104 valence electrons. The summed E-state index contributed by atoms with van der Waals surface area (Å²) in [5.41, 5.74) is 6.20. The van der Waals surface area contributed by atoms with Crippen LogP contribution in [0.2, 0.25) is 0 Å². The third-order valence-electron chi connectivity index (χ3n) is 3.06. The van der Waals surface area contributed by atoms with E-state index in [0.717, 1.165) is 12.8 Å². The van der Waals surface area contributed by atoms with Crippen molar-refractivity contribution < 1.29 is 9.59 Å². The average Bonchev–Trinajstić information content (AvgIpc) is 2.68. The summed E-state index contributed by atoms with van der Waals surface area (Å²) < 4.78 is 0. The minimum absolute atomic E-state index is 0.182. The van der Waals surface area contributed by atoms with E-state index in [2.05, 4.69) is 10.9 Å². The van der Waals surface area contributed by atoms with E-state index in [-0.39, 0.29) is 11.8 Å². The zero-order valence-corrected chi connectivity index (χ0v) is 12.6. The van der Waals surface area contributed by atoms with Crippen LogP contribution >= 0.6 is 23.1 Å². The predicted molar refractivity (Wildman–Crippen MR) is 79.6 cm³/mol. The van der Waals surface area contributed by atoms with E-state index in [1.165, 1.54) is 41.5 Å². The highest BCUT2D eigenvalue weighted by Crippen LogP contribution is 2.28. The maximum absolute atomic E-state index is 11.9. The fourth-order valence-electron chi connectivity index (χ4n) is 2.13. The standard InChI is InChI=1S/C13H18N2O2S2/c1-18-8-12(16)14-15-13(17)11-7-9-5-3-2-4-6-10(9)19-11/h7H,2-6,8H2,1H3,(H,14,16)(H,15,17). The van der Waals surface area contributed by atoms with E-state index in [1.807, 2.05) is 12.3 Å². The molecule has 4 nitrogen and oxygen atoms in total. The van der Waals surface area contributed by atoms with Crippen LogP contribution in [-0.4, -0.2) is 23.8 Å². The van der Waals surface area contributed by atoms with Crippen LogP contribution in [0.25, 0.3) is 0 Å².